The normalized spacial score (nSPS) is 12.7. The number of nitrogens with zero attached hydrogens (tertiary/aromatic N) is 1. The molecule has 1 aromatic carbocycles. The first-order valence-electron chi connectivity index (χ1n) is 7.89. The number of hydrogen-bond donors (Lipinski definition) is 1. The van der Waals surface area contributed by atoms with Crippen molar-refractivity contribution in [1.29, 1.82) is 5.26 Å². The van der Waals surface area contributed by atoms with E-state index in [0.717, 1.165) is 0 Å². The summed E-state index contributed by atoms with van der Waals surface area (Å²) in [6, 6.07) is 11.5. The van der Waals surface area contributed by atoms with Gasteiger partial charge in [-0.25, -0.2) is 13.1 Å². The molecule has 6 nitrogen and oxygen atoms in total. The standard InChI is InChI=1S/C19H20N2O4S/c1-19(2,3)18(22)14(12-20)11-15-7-10-17(25-15)13-5-8-16(9-6-13)26(23,24)21-4/h5-11,21H,1-4H3/b14-11-. The smallest absolute Gasteiger partial charge is 0.240 e. The van der Waals surface area contributed by atoms with E-state index in [0.29, 0.717) is 17.1 Å². The van der Waals surface area contributed by atoms with Crippen LogP contribution in [0, 0.1) is 16.7 Å². The third-order valence-electron chi connectivity index (χ3n) is 3.68. The van der Waals surface area contributed by atoms with Crippen LogP contribution in [0.2, 0.25) is 0 Å². The average molecular weight is 372 g/mol. The van der Waals surface area contributed by atoms with E-state index in [1.54, 1.807) is 45.0 Å². The molecule has 7 heteroatoms. The molecule has 1 heterocycles. The number of allylic oxidation sites excluding steroid dienone is 1. The maximum Gasteiger partial charge on any atom is 0.240 e. The monoisotopic (exact) mass is 372 g/mol. The Hall–Kier alpha value is -2.69. The summed E-state index contributed by atoms with van der Waals surface area (Å²) in [7, 11) is -2.15. The molecule has 2 rings (SSSR count). The Balaban J connectivity index is 2.32. The first kappa shape index (κ1) is 19.6. The number of ketones is 1. The number of rotatable bonds is 5. The summed E-state index contributed by atoms with van der Waals surface area (Å²) in [5.41, 5.74) is 0.0419. The summed E-state index contributed by atoms with van der Waals surface area (Å²) in [5.74, 6) is 0.616. The van der Waals surface area contributed by atoms with Crippen LogP contribution in [-0.4, -0.2) is 21.2 Å². The number of nitrogens with one attached hydrogen (secondary N) is 1. The fraction of sp³-hybridized carbons (Fsp3) is 0.263. The molecular formula is C19H20N2O4S. The molecule has 2 aromatic rings. The van der Waals surface area contributed by atoms with Gasteiger partial charge in [0.05, 0.1) is 10.5 Å². The molecule has 0 aliphatic heterocycles. The van der Waals surface area contributed by atoms with E-state index >= 15 is 0 Å². The quantitative estimate of drug-likeness (QED) is 0.640. The molecule has 136 valence electrons. The number of carbonyl (C=O) groups is 1. The van der Waals surface area contributed by atoms with Crippen LogP contribution in [0.15, 0.2) is 51.3 Å². The van der Waals surface area contributed by atoms with Crippen molar-refractivity contribution < 1.29 is 17.6 Å². The summed E-state index contributed by atoms with van der Waals surface area (Å²) in [4.78, 5) is 12.4. The number of Topliss-reactive ketones (excluding diaryl/α,β-unsaturated/α-hetero) is 1. The van der Waals surface area contributed by atoms with Crippen molar-refractivity contribution in [1.82, 2.24) is 4.72 Å². The molecule has 0 bridgehead atoms. The Morgan fingerprint density at radius 1 is 1.15 bits per heavy atom. The molecule has 26 heavy (non-hydrogen) atoms. The van der Waals surface area contributed by atoms with E-state index in [-0.39, 0.29) is 16.3 Å². The van der Waals surface area contributed by atoms with Gasteiger partial charge in [0.2, 0.25) is 10.0 Å². The van der Waals surface area contributed by atoms with Gasteiger partial charge in [-0.05, 0) is 43.4 Å². The van der Waals surface area contributed by atoms with Crippen molar-refractivity contribution in [3.05, 3.63) is 47.7 Å². The van der Waals surface area contributed by atoms with E-state index < -0.39 is 15.4 Å². The lowest BCUT2D eigenvalue weighted by molar-refractivity contribution is -0.121. The van der Waals surface area contributed by atoms with Crippen LogP contribution in [0.1, 0.15) is 26.5 Å². The van der Waals surface area contributed by atoms with Crippen molar-refractivity contribution in [2.75, 3.05) is 7.05 Å². The Morgan fingerprint density at radius 2 is 1.77 bits per heavy atom. The first-order valence-corrected chi connectivity index (χ1v) is 9.37. The van der Waals surface area contributed by atoms with Crippen LogP contribution in [0.3, 0.4) is 0 Å². The highest BCUT2D eigenvalue weighted by atomic mass is 32.2. The molecule has 0 unspecified atom stereocenters. The maximum absolute atomic E-state index is 12.2. The zero-order chi connectivity index (χ0) is 19.5. The van der Waals surface area contributed by atoms with Gasteiger partial charge in [-0.3, -0.25) is 4.79 Å². The molecule has 1 aromatic heterocycles. The highest BCUT2D eigenvalue weighted by Gasteiger charge is 2.25. The summed E-state index contributed by atoms with van der Waals surface area (Å²) in [6.45, 7) is 5.23. The summed E-state index contributed by atoms with van der Waals surface area (Å²) >= 11 is 0. The highest BCUT2D eigenvalue weighted by Crippen LogP contribution is 2.26. The van der Waals surface area contributed by atoms with Gasteiger partial charge >= 0.3 is 0 Å². The van der Waals surface area contributed by atoms with Gasteiger partial charge in [-0.1, -0.05) is 20.8 Å². The molecule has 0 fully saturated rings. The SMILES string of the molecule is CNS(=O)(=O)c1ccc(-c2ccc(/C=C(/C#N)C(=O)C(C)(C)C)o2)cc1. The Kier molecular flexibility index (Phi) is 5.50. The topological polar surface area (TPSA) is 100 Å². The van der Waals surface area contributed by atoms with E-state index in [4.69, 9.17) is 4.42 Å². The molecule has 0 aliphatic carbocycles. The number of furan rings is 1. The molecular weight excluding hydrogens is 352 g/mol. The van der Waals surface area contributed by atoms with Gasteiger partial charge in [-0.15, -0.1) is 0 Å². The minimum atomic E-state index is -3.50. The van der Waals surface area contributed by atoms with Gasteiger partial charge in [0.1, 0.15) is 17.6 Å². The van der Waals surface area contributed by atoms with Crippen LogP contribution < -0.4 is 4.72 Å². The van der Waals surface area contributed by atoms with Gasteiger partial charge in [0.15, 0.2) is 5.78 Å². The number of sulfonamides is 1. The molecule has 0 amide bonds. The number of nitriles is 1. The number of benzene rings is 1. The lowest BCUT2D eigenvalue weighted by Gasteiger charge is -2.15. The largest absolute Gasteiger partial charge is 0.457 e. The second-order valence-electron chi connectivity index (χ2n) is 6.68. The minimum absolute atomic E-state index is 0.0221. The molecule has 1 N–H and O–H groups in total. The Bertz CT molecular complexity index is 985. The van der Waals surface area contributed by atoms with Crippen LogP contribution >= 0.6 is 0 Å². The molecule has 0 atom stereocenters. The highest BCUT2D eigenvalue weighted by molar-refractivity contribution is 7.89. The third kappa shape index (κ3) is 4.28. The second-order valence-corrected chi connectivity index (χ2v) is 8.57. The van der Waals surface area contributed by atoms with Crippen LogP contribution in [-0.2, 0) is 14.8 Å². The van der Waals surface area contributed by atoms with Crippen molar-refractivity contribution in [3.8, 4) is 17.4 Å². The van der Waals surface area contributed by atoms with E-state index in [2.05, 4.69) is 4.72 Å². The summed E-state index contributed by atoms with van der Waals surface area (Å²) in [6.07, 6.45) is 1.41. The zero-order valence-electron chi connectivity index (χ0n) is 15.0. The average Bonchev–Trinajstić information content (AvgIpc) is 3.07. The summed E-state index contributed by atoms with van der Waals surface area (Å²) < 4.78 is 31.4. The van der Waals surface area contributed by atoms with Gasteiger partial charge < -0.3 is 4.42 Å². The summed E-state index contributed by atoms with van der Waals surface area (Å²) in [5, 5.41) is 9.23. The van der Waals surface area contributed by atoms with Crippen LogP contribution in [0.4, 0.5) is 0 Å². The lowest BCUT2D eigenvalue weighted by atomic mass is 9.86. The molecule has 0 saturated carbocycles. The van der Waals surface area contributed by atoms with Crippen molar-refractivity contribution in [3.63, 3.8) is 0 Å². The van der Waals surface area contributed by atoms with Crippen LogP contribution in [0.5, 0.6) is 0 Å². The van der Waals surface area contributed by atoms with Gasteiger partial charge in [0.25, 0.3) is 0 Å². The van der Waals surface area contributed by atoms with E-state index in [9.17, 15) is 18.5 Å². The predicted molar refractivity (Wildman–Crippen MR) is 98.4 cm³/mol. The third-order valence-corrected chi connectivity index (χ3v) is 5.11. The maximum atomic E-state index is 12.2. The molecule has 0 saturated heterocycles. The molecule has 0 radical (unpaired) electrons. The fourth-order valence-corrected chi connectivity index (χ4v) is 2.93. The van der Waals surface area contributed by atoms with Crippen LogP contribution in [0.25, 0.3) is 17.4 Å². The number of carbonyl (C=O) groups excluding carboxylic acids is 1. The number of hydrogen-bond acceptors (Lipinski definition) is 5. The Morgan fingerprint density at radius 3 is 2.27 bits per heavy atom. The van der Waals surface area contributed by atoms with Crippen molar-refractivity contribution >= 4 is 21.9 Å². The lowest BCUT2D eigenvalue weighted by Crippen LogP contribution is -2.21. The fourth-order valence-electron chi connectivity index (χ4n) is 2.20. The van der Waals surface area contributed by atoms with Crippen molar-refractivity contribution in [2.45, 2.75) is 25.7 Å². The van der Waals surface area contributed by atoms with Gasteiger partial charge in [-0.2, -0.15) is 5.26 Å². The Labute approximate surface area is 153 Å². The molecule has 0 aliphatic rings. The van der Waals surface area contributed by atoms with Gasteiger partial charge in [0, 0.05) is 17.1 Å². The first-order chi connectivity index (χ1) is 12.1. The second kappa shape index (κ2) is 7.28. The predicted octanol–water partition coefficient (Wildman–Crippen LogP) is 3.38. The zero-order valence-corrected chi connectivity index (χ0v) is 15.8. The van der Waals surface area contributed by atoms with Crippen molar-refractivity contribution in [2.24, 2.45) is 5.41 Å². The van der Waals surface area contributed by atoms with E-state index in [1.165, 1.54) is 25.3 Å². The van der Waals surface area contributed by atoms with E-state index in [1.807, 2.05) is 6.07 Å². The molecule has 0 spiro atoms. The minimum Gasteiger partial charge on any atom is -0.457 e.